The Bertz CT molecular complexity index is 606. The summed E-state index contributed by atoms with van der Waals surface area (Å²) in [6.07, 6.45) is 0. The maximum Gasteiger partial charge on any atom is 0.251 e. The summed E-state index contributed by atoms with van der Waals surface area (Å²) in [5.74, 6) is 0.693. The molecule has 0 heterocycles. The highest BCUT2D eigenvalue weighted by molar-refractivity contribution is 5.94. The van der Waals surface area contributed by atoms with Crippen molar-refractivity contribution in [3.63, 3.8) is 0 Å². The van der Waals surface area contributed by atoms with E-state index < -0.39 is 0 Å². The molecular weight excluding hydrogens is 252 g/mol. The fourth-order valence-electron chi connectivity index (χ4n) is 1.84. The fourth-order valence-corrected chi connectivity index (χ4v) is 1.84. The van der Waals surface area contributed by atoms with E-state index in [2.05, 4.69) is 5.32 Å². The standard InChI is InChI=1S/C16H18N2O2/c1-11-9-13(5-8-15(11)17)16(19)18-10-12-3-6-14(20-2)7-4-12/h3-9H,10,17H2,1-2H3,(H,18,19). The lowest BCUT2D eigenvalue weighted by Gasteiger charge is -2.08. The zero-order valence-electron chi connectivity index (χ0n) is 11.6. The molecule has 2 rings (SSSR count). The van der Waals surface area contributed by atoms with Crippen molar-refractivity contribution in [2.24, 2.45) is 0 Å². The van der Waals surface area contributed by atoms with Gasteiger partial charge in [0.25, 0.3) is 5.91 Å². The molecule has 2 aromatic carbocycles. The Balaban J connectivity index is 1.98. The van der Waals surface area contributed by atoms with Gasteiger partial charge in [-0.25, -0.2) is 0 Å². The average Bonchev–Trinajstić information content (AvgIpc) is 2.48. The van der Waals surface area contributed by atoms with E-state index in [9.17, 15) is 4.79 Å². The van der Waals surface area contributed by atoms with Crippen molar-refractivity contribution in [2.75, 3.05) is 12.8 Å². The molecule has 0 bridgehead atoms. The summed E-state index contributed by atoms with van der Waals surface area (Å²) in [5, 5.41) is 2.88. The van der Waals surface area contributed by atoms with E-state index in [1.165, 1.54) is 0 Å². The van der Waals surface area contributed by atoms with Crippen LogP contribution in [0.25, 0.3) is 0 Å². The predicted octanol–water partition coefficient (Wildman–Crippen LogP) is 2.52. The average molecular weight is 270 g/mol. The largest absolute Gasteiger partial charge is 0.497 e. The number of methoxy groups -OCH3 is 1. The zero-order chi connectivity index (χ0) is 14.5. The van der Waals surface area contributed by atoms with Crippen LogP contribution < -0.4 is 15.8 Å². The van der Waals surface area contributed by atoms with Crippen LogP contribution in [0.15, 0.2) is 42.5 Å². The van der Waals surface area contributed by atoms with Crippen molar-refractivity contribution in [1.29, 1.82) is 0 Å². The third-order valence-corrected chi connectivity index (χ3v) is 3.14. The van der Waals surface area contributed by atoms with Crippen molar-refractivity contribution >= 4 is 11.6 Å². The van der Waals surface area contributed by atoms with Crippen LogP contribution in [0.3, 0.4) is 0 Å². The number of hydrogen-bond acceptors (Lipinski definition) is 3. The van der Waals surface area contributed by atoms with Crippen molar-refractivity contribution in [3.05, 3.63) is 59.2 Å². The van der Waals surface area contributed by atoms with E-state index in [-0.39, 0.29) is 5.91 Å². The van der Waals surface area contributed by atoms with E-state index in [0.29, 0.717) is 17.8 Å². The number of anilines is 1. The molecule has 0 aliphatic rings. The molecule has 20 heavy (non-hydrogen) atoms. The van der Waals surface area contributed by atoms with Gasteiger partial charge in [-0.05, 0) is 48.4 Å². The second kappa shape index (κ2) is 6.10. The second-order valence-electron chi connectivity index (χ2n) is 4.60. The zero-order valence-corrected chi connectivity index (χ0v) is 11.6. The first-order valence-corrected chi connectivity index (χ1v) is 6.37. The number of carbonyl (C=O) groups is 1. The fraction of sp³-hybridized carbons (Fsp3) is 0.188. The molecule has 1 amide bonds. The van der Waals surface area contributed by atoms with Gasteiger partial charge in [-0.3, -0.25) is 4.79 Å². The molecule has 0 atom stereocenters. The van der Waals surface area contributed by atoms with Gasteiger partial charge < -0.3 is 15.8 Å². The number of aryl methyl sites for hydroxylation is 1. The number of carbonyl (C=O) groups excluding carboxylic acids is 1. The van der Waals surface area contributed by atoms with E-state index in [4.69, 9.17) is 10.5 Å². The summed E-state index contributed by atoms with van der Waals surface area (Å²) in [7, 11) is 1.63. The normalized spacial score (nSPS) is 10.1. The summed E-state index contributed by atoms with van der Waals surface area (Å²) in [5.41, 5.74) is 8.97. The molecule has 0 aliphatic carbocycles. The Morgan fingerprint density at radius 3 is 2.50 bits per heavy atom. The first-order valence-electron chi connectivity index (χ1n) is 6.37. The predicted molar refractivity (Wildman–Crippen MR) is 79.8 cm³/mol. The Morgan fingerprint density at radius 1 is 1.20 bits per heavy atom. The monoisotopic (exact) mass is 270 g/mol. The molecule has 0 spiro atoms. The van der Waals surface area contributed by atoms with Crippen molar-refractivity contribution < 1.29 is 9.53 Å². The third-order valence-electron chi connectivity index (χ3n) is 3.14. The first kappa shape index (κ1) is 13.9. The van der Waals surface area contributed by atoms with E-state index >= 15 is 0 Å². The molecule has 2 aromatic rings. The third kappa shape index (κ3) is 3.29. The Morgan fingerprint density at radius 2 is 1.90 bits per heavy atom. The van der Waals surface area contributed by atoms with Crippen LogP contribution in [0.1, 0.15) is 21.5 Å². The van der Waals surface area contributed by atoms with Gasteiger partial charge in [0.2, 0.25) is 0 Å². The number of nitrogens with two attached hydrogens (primary N) is 1. The van der Waals surface area contributed by atoms with Crippen LogP contribution in [-0.4, -0.2) is 13.0 Å². The van der Waals surface area contributed by atoms with Crippen molar-refractivity contribution in [3.8, 4) is 5.75 Å². The minimum Gasteiger partial charge on any atom is -0.497 e. The Kier molecular flexibility index (Phi) is 4.25. The number of hydrogen-bond donors (Lipinski definition) is 2. The van der Waals surface area contributed by atoms with Crippen molar-refractivity contribution in [1.82, 2.24) is 5.32 Å². The van der Waals surface area contributed by atoms with Crippen LogP contribution in [0.5, 0.6) is 5.75 Å². The highest BCUT2D eigenvalue weighted by atomic mass is 16.5. The minimum absolute atomic E-state index is 0.107. The maximum atomic E-state index is 12.0. The molecule has 104 valence electrons. The second-order valence-corrected chi connectivity index (χ2v) is 4.60. The Hall–Kier alpha value is -2.49. The molecule has 0 fully saturated rings. The van der Waals surface area contributed by atoms with Gasteiger partial charge in [0.1, 0.15) is 5.75 Å². The van der Waals surface area contributed by atoms with Crippen molar-refractivity contribution in [2.45, 2.75) is 13.5 Å². The Labute approximate surface area is 118 Å². The molecule has 3 N–H and O–H groups in total. The molecule has 0 saturated heterocycles. The van der Waals surface area contributed by atoms with Crippen LogP contribution >= 0.6 is 0 Å². The van der Waals surface area contributed by atoms with Gasteiger partial charge in [0, 0.05) is 17.8 Å². The van der Waals surface area contributed by atoms with Gasteiger partial charge in [-0.15, -0.1) is 0 Å². The number of rotatable bonds is 4. The van der Waals surface area contributed by atoms with Gasteiger partial charge in [-0.2, -0.15) is 0 Å². The van der Waals surface area contributed by atoms with E-state index in [1.807, 2.05) is 31.2 Å². The number of amides is 1. The maximum absolute atomic E-state index is 12.0. The molecule has 0 radical (unpaired) electrons. The lowest BCUT2D eigenvalue weighted by Crippen LogP contribution is -2.22. The lowest BCUT2D eigenvalue weighted by molar-refractivity contribution is 0.0951. The van der Waals surface area contributed by atoms with E-state index in [1.54, 1.807) is 25.3 Å². The molecule has 0 unspecified atom stereocenters. The summed E-state index contributed by atoms with van der Waals surface area (Å²) >= 11 is 0. The highest BCUT2D eigenvalue weighted by Crippen LogP contribution is 2.13. The molecule has 0 aromatic heterocycles. The molecule has 4 nitrogen and oxygen atoms in total. The minimum atomic E-state index is -0.107. The quantitative estimate of drug-likeness (QED) is 0.839. The lowest BCUT2D eigenvalue weighted by atomic mass is 10.1. The first-order chi connectivity index (χ1) is 9.60. The number of nitrogen functional groups attached to an aromatic ring is 1. The van der Waals surface area contributed by atoms with Crippen LogP contribution in [0.4, 0.5) is 5.69 Å². The molecule has 0 saturated carbocycles. The summed E-state index contributed by atoms with van der Waals surface area (Å²) in [6.45, 7) is 2.36. The highest BCUT2D eigenvalue weighted by Gasteiger charge is 2.06. The summed E-state index contributed by atoms with van der Waals surface area (Å²) in [6, 6.07) is 12.9. The van der Waals surface area contributed by atoms with Crippen LogP contribution in [-0.2, 0) is 6.54 Å². The van der Waals surface area contributed by atoms with Gasteiger partial charge in [0.15, 0.2) is 0 Å². The van der Waals surface area contributed by atoms with Crippen LogP contribution in [0, 0.1) is 6.92 Å². The SMILES string of the molecule is COc1ccc(CNC(=O)c2ccc(N)c(C)c2)cc1. The molecular formula is C16H18N2O2. The smallest absolute Gasteiger partial charge is 0.251 e. The van der Waals surface area contributed by atoms with Crippen LogP contribution in [0.2, 0.25) is 0 Å². The topological polar surface area (TPSA) is 64.3 Å². The number of benzene rings is 2. The van der Waals surface area contributed by atoms with Gasteiger partial charge in [0.05, 0.1) is 7.11 Å². The summed E-state index contributed by atoms with van der Waals surface area (Å²) < 4.78 is 5.09. The molecule has 4 heteroatoms. The van der Waals surface area contributed by atoms with Gasteiger partial charge >= 0.3 is 0 Å². The van der Waals surface area contributed by atoms with Gasteiger partial charge in [-0.1, -0.05) is 12.1 Å². The van der Waals surface area contributed by atoms with E-state index in [0.717, 1.165) is 16.9 Å². The molecule has 0 aliphatic heterocycles. The number of ether oxygens (including phenoxy) is 1. The summed E-state index contributed by atoms with van der Waals surface area (Å²) in [4.78, 5) is 12.0. The number of nitrogens with one attached hydrogen (secondary N) is 1.